The molecule has 0 aliphatic heterocycles. The van der Waals surface area contributed by atoms with Gasteiger partial charge in [-0.05, 0) is 37.8 Å². The van der Waals surface area contributed by atoms with Gasteiger partial charge in [0.15, 0.2) is 0 Å². The van der Waals surface area contributed by atoms with E-state index >= 15 is 0 Å². The maximum Gasteiger partial charge on any atom is 0.127 e. The van der Waals surface area contributed by atoms with E-state index in [2.05, 4.69) is 55.6 Å². The minimum atomic E-state index is 0.509. The zero-order valence-corrected chi connectivity index (χ0v) is 11.9. The van der Waals surface area contributed by atoms with Crippen LogP contribution >= 0.6 is 0 Å². The molecule has 0 bridgehead atoms. The summed E-state index contributed by atoms with van der Waals surface area (Å²) >= 11 is 0. The second-order valence-electron chi connectivity index (χ2n) is 4.97. The zero-order valence-electron chi connectivity index (χ0n) is 11.9. The molecule has 0 amide bonds. The molecule has 0 aromatic heterocycles. The molecule has 1 N–H and O–H groups in total. The van der Waals surface area contributed by atoms with Crippen molar-refractivity contribution >= 4 is 10.8 Å². The molecule has 0 fully saturated rings. The highest BCUT2D eigenvalue weighted by Crippen LogP contribution is 2.25. The minimum Gasteiger partial charge on any atom is -0.493 e. The Morgan fingerprint density at radius 1 is 1.11 bits per heavy atom. The average Bonchev–Trinajstić information content (AvgIpc) is 2.45. The Kier molecular flexibility index (Phi) is 5.22. The molecular formula is C17H23NO. The van der Waals surface area contributed by atoms with E-state index < -0.39 is 0 Å². The smallest absolute Gasteiger partial charge is 0.127 e. The van der Waals surface area contributed by atoms with E-state index in [-0.39, 0.29) is 0 Å². The van der Waals surface area contributed by atoms with Crippen LogP contribution in [0.15, 0.2) is 42.5 Å². The summed E-state index contributed by atoms with van der Waals surface area (Å²) in [6.45, 7) is 6.23. The van der Waals surface area contributed by atoms with Crippen molar-refractivity contribution in [3.05, 3.63) is 42.5 Å². The van der Waals surface area contributed by atoms with Gasteiger partial charge >= 0.3 is 0 Å². The molecule has 1 unspecified atom stereocenters. The fourth-order valence-electron chi connectivity index (χ4n) is 2.16. The molecule has 2 rings (SSSR count). The Balaban J connectivity index is 1.91. The topological polar surface area (TPSA) is 21.3 Å². The Labute approximate surface area is 115 Å². The molecule has 1 atom stereocenters. The van der Waals surface area contributed by atoms with Gasteiger partial charge in [-0.1, -0.05) is 43.3 Å². The molecule has 19 heavy (non-hydrogen) atoms. The lowest BCUT2D eigenvalue weighted by molar-refractivity contribution is 0.293. The minimum absolute atomic E-state index is 0.509. The third-order valence-electron chi connectivity index (χ3n) is 3.30. The zero-order chi connectivity index (χ0) is 13.5. The van der Waals surface area contributed by atoms with E-state index in [0.29, 0.717) is 6.04 Å². The fourth-order valence-corrected chi connectivity index (χ4v) is 2.16. The van der Waals surface area contributed by atoms with Crippen LogP contribution in [0.4, 0.5) is 0 Å². The molecule has 2 nitrogen and oxygen atoms in total. The average molecular weight is 257 g/mol. The maximum atomic E-state index is 5.93. The Morgan fingerprint density at radius 3 is 2.74 bits per heavy atom. The quantitative estimate of drug-likeness (QED) is 0.809. The van der Waals surface area contributed by atoms with Crippen LogP contribution in [-0.2, 0) is 0 Å². The van der Waals surface area contributed by atoms with Crippen LogP contribution < -0.4 is 10.1 Å². The predicted molar refractivity (Wildman–Crippen MR) is 81.8 cm³/mol. The van der Waals surface area contributed by atoms with Gasteiger partial charge in [-0.15, -0.1) is 0 Å². The van der Waals surface area contributed by atoms with Crippen molar-refractivity contribution < 1.29 is 4.74 Å². The van der Waals surface area contributed by atoms with Crippen molar-refractivity contribution in [3.63, 3.8) is 0 Å². The molecule has 0 spiro atoms. The summed E-state index contributed by atoms with van der Waals surface area (Å²) in [6, 6.07) is 15.1. The first-order chi connectivity index (χ1) is 9.31. The van der Waals surface area contributed by atoms with Crippen molar-refractivity contribution in [2.75, 3.05) is 13.2 Å². The molecule has 0 aliphatic rings. The Hall–Kier alpha value is -1.54. The summed E-state index contributed by atoms with van der Waals surface area (Å²) in [7, 11) is 0. The summed E-state index contributed by atoms with van der Waals surface area (Å²) in [4.78, 5) is 0. The maximum absolute atomic E-state index is 5.93. The van der Waals surface area contributed by atoms with E-state index in [1.165, 1.54) is 17.2 Å². The lowest BCUT2D eigenvalue weighted by atomic mass is 10.1. The number of benzene rings is 2. The van der Waals surface area contributed by atoms with Gasteiger partial charge in [0, 0.05) is 11.4 Å². The van der Waals surface area contributed by atoms with Crippen LogP contribution in [0.2, 0.25) is 0 Å². The molecule has 0 heterocycles. The van der Waals surface area contributed by atoms with E-state index in [9.17, 15) is 0 Å². The lowest BCUT2D eigenvalue weighted by Crippen LogP contribution is -2.28. The van der Waals surface area contributed by atoms with Crippen LogP contribution in [0.3, 0.4) is 0 Å². The third-order valence-corrected chi connectivity index (χ3v) is 3.30. The SMILES string of the molecule is CCCNC(C)CCOc1cccc2ccccc12. The van der Waals surface area contributed by atoms with E-state index in [1.54, 1.807) is 0 Å². The van der Waals surface area contributed by atoms with Crippen molar-refractivity contribution in [2.45, 2.75) is 32.7 Å². The number of hydrogen-bond donors (Lipinski definition) is 1. The summed E-state index contributed by atoms with van der Waals surface area (Å²) < 4.78 is 5.93. The van der Waals surface area contributed by atoms with E-state index in [4.69, 9.17) is 4.74 Å². The second kappa shape index (κ2) is 7.15. The highest BCUT2D eigenvalue weighted by atomic mass is 16.5. The third kappa shape index (κ3) is 3.97. The molecule has 0 saturated carbocycles. The van der Waals surface area contributed by atoms with Crippen LogP contribution in [0, 0.1) is 0 Å². The van der Waals surface area contributed by atoms with Gasteiger partial charge in [-0.2, -0.15) is 0 Å². The van der Waals surface area contributed by atoms with Crippen LogP contribution in [0.5, 0.6) is 5.75 Å². The molecule has 2 aromatic rings. The number of hydrogen-bond acceptors (Lipinski definition) is 2. The lowest BCUT2D eigenvalue weighted by Gasteiger charge is -2.14. The van der Waals surface area contributed by atoms with Gasteiger partial charge in [0.05, 0.1) is 6.61 Å². The molecule has 0 aliphatic carbocycles. The van der Waals surface area contributed by atoms with Gasteiger partial charge in [-0.25, -0.2) is 0 Å². The molecule has 102 valence electrons. The predicted octanol–water partition coefficient (Wildman–Crippen LogP) is 4.00. The molecule has 2 aromatic carbocycles. The van der Waals surface area contributed by atoms with Gasteiger partial charge in [0.1, 0.15) is 5.75 Å². The van der Waals surface area contributed by atoms with Crippen molar-refractivity contribution in [3.8, 4) is 5.75 Å². The fraction of sp³-hybridized carbons (Fsp3) is 0.412. The van der Waals surface area contributed by atoms with Crippen molar-refractivity contribution in [2.24, 2.45) is 0 Å². The highest BCUT2D eigenvalue weighted by Gasteiger charge is 2.03. The van der Waals surface area contributed by atoms with Gasteiger partial charge in [0.2, 0.25) is 0 Å². The molecular weight excluding hydrogens is 234 g/mol. The number of fused-ring (bicyclic) bond motifs is 1. The van der Waals surface area contributed by atoms with Gasteiger partial charge < -0.3 is 10.1 Å². The molecule has 0 saturated heterocycles. The second-order valence-corrected chi connectivity index (χ2v) is 4.97. The van der Waals surface area contributed by atoms with Gasteiger partial charge in [0.25, 0.3) is 0 Å². The molecule has 0 radical (unpaired) electrons. The standard InChI is InChI=1S/C17H23NO/c1-3-12-18-14(2)11-13-19-17-10-6-8-15-7-4-5-9-16(15)17/h4-10,14,18H,3,11-13H2,1-2H3. The normalized spacial score (nSPS) is 12.5. The summed E-state index contributed by atoms with van der Waals surface area (Å²) in [5, 5.41) is 5.90. The summed E-state index contributed by atoms with van der Waals surface area (Å²) in [5.74, 6) is 0.987. The number of nitrogens with one attached hydrogen (secondary N) is 1. The first-order valence-corrected chi connectivity index (χ1v) is 7.15. The first-order valence-electron chi connectivity index (χ1n) is 7.15. The monoisotopic (exact) mass is 257 g/mol. The summed E-state index contributed by atoms with van der Waals surface area (Å²) in [6.07, 6.45) is 2.21. The van der Waals surface area contributed by atoms with Crippen molar-refractivity contribution in [1.82, 2.24) is 5.32 Å². The first kappa shape index (κ1) is 13.9. The van der Waals surface area contributed by atoms with Crippen LogP contribution in [-0.4, -0.2) is 19.2 Å². The van der Waals surface area contributed by atoms with Crippen LogP contribution in [0.25, 0.3) is 10.8 Å². The van der Waals surface area contributed by atoms with E-state index in [1.807, 2.05) is 6.07 Å². The van der Waals surface area contributed by atoms with Crippen LogP contribution in [0.1, 0.15) is 26.7 Å². The largest absolute Gasteiger partial charge is 0.493 e. The van der Waals surface area contributed by atoms with Crippen molar-refractivity contribution in [1.29, 1.82) is 0 Å². The van der Waals surface area contributed by atoms with E-state index in [0.717, 1.165) is 25.3 Å². The molecule has 2 heteroatoms. The number of rotatable bonds is 7. The summed E-state index contributed by atoms with van der Waals surface area (Å²) in [5.41, 5.74) is 0. The number of ether oxygens (including phenoxy) is 1. The highest BCUT2D eigenvalue weighted by molar-refractivity contribution is 5.88. The Morgan fingerprint density at radius 2 is 1.89 bits per heavy atom. The van der Waals surface area contributed by atoms with Gasteiger partial charge in [-0.3, -0.25) is 0 Å². The Bertz CT molecular complexity index is 504.